The van der Waals surface area contributed by atoms with E-state index in [1.165, 1.54) is 10.5 Å². The van der Waals surface area contributed by atoms with Crippen molar-refractivity contribution in [1.82, 2.24) is 9.38 Å². The summed E-state index contributed by atoms with van der Waals surface area (Å²) in [6, 6.07) is 10.5. The van der Waals surface area contributed by atoms with E-state index in [0.717, 1.165) is 11.1 Å². The Kier molecular flexibility index (Phi) is 5.93. The molecule has 7 heteroatoms. The lowest BCUT2D eigenvalue weighted by molar-refractivity contribution is -0.145. The number of aromatic nitrogens is 2. The number of methoxy groups -OCH3 is 2. The lowest BCUT2D eigenvalue weighted by Gasteiger charge is -2.09. The van der Waals surface area contributed by atoms with Crippen molar-refractivity contribution in [3.63, 3.8) is 0 Å². The number of carbonyl (C=O) groups excluding carboxylic acids is 1. The minimum Gasteiger partial charge on any atom is -0.497 e. The Morgan fingerprint density at radius 1 is 1.07 bits per heavy atom. The highest BCUT2D eigenvalue weighted by Crippen LogP contribution is 2.23. The normalized spacial score (nSPS) is 10.7. The molecule has 0 amide bonds. The average Bonchev–Trinajstić information content (AvgIpc) is 2.70. The van der Waals surface area contributed by atoms with Crippen molar-refractivity contribution in [2.24, 2.45) is 0 Å². The van der Waals surface area contributed by atoms with Crippen LogP contribution in [-0.4, -0.2) is 29.6 Å². The average molecular weight is 382 g/mol. The van der Waals surface area contributed by atoms with Gasteiger partial charge in [0.05, 0.1) is 19.9 Å². The summed E-state index contributed by atoms with van der Waals surface area (Å²) in [6.07, 6.45) is 2.36. The summed E-state index contributed by atoms with van der Waals surface area (Å²) < 4.78 is 17.2. The quantitative estimate of drug-likeness (QED) is 0.585. The predicted octanol–water partition coefficient (Wildman–Crippen LogP) is 2.70. The van der Waals surface area contributed by atoms with Crippen molar-refractivity contribution in [2.75, 3.05) is 14.2 Å². The topological polar surface area (TPSA) is 79.1 Å². The van der Waals surface area contributed by atoms with E-state index in [9.17, 15) is 9.59 Å². The van der Waals surface area contributed by atoms with Gasteiger partial charge in [-0.1, -0.05) is 0 Å². The van der Waals surface area contributed by atoms with Crippen LogP contribution in [0.25, 0.3) is 5.65 Å². The van der Waals surface area contributed by atoms with Gasteiger partial charge in [-0.25, -0.2) is 4.98 Å². The second kappa shape index (κ2) is 8.56. The molecule has 0 aliphatic carbocycles. The van der Waals surface area contributed by atoms with Crippen LogP contribution in [0.2, 0.25) is 0 Å². The van der Waals surface area contributed by atoms with Crippen LogP contribution in [0.4, 0.5) is 0 Å². The highest BCUT2D eigenvalue weighted by atomic mass is 16.5. The van der Waals surface area contributed by atoms with Gasteiger partial charge in [0.15, 0.2) is 0 Å². The zero-order valence-electron chi connectivity index (χ0n) is 16.1. The second-order valence-electron chi connectivity index (χ2n) is 6.40. The lowest BCUT2D eigenvalue weighted by Crippen LogP contribution is -2.16. The number of hydrogen-bond donors (Lipinski definition) is 0. The van der Waals surface area contributed by atoms with E-state index in [1.807, 2.05) is 31.2 Å². The zero-order valence-corrected chi connectivity index (χ0v) is 16.1. The Labute approximate surface area is 162 Å². The Bertz CT molecular complexity index is 1040. The molecule has 2 heterocycles. The first kappa shape index (κ1) is 19.4. The van der Waals surface area contributed by atoms with E-state index in [1.54, 1.807) is 26.5 Å². The first-order valence-corrected chi connectivity index (χ1v) is 8.85. The number of ether oxygens (including phenoxy) is 3. The smallest absolute Gasteiger partial charge is 0.306 e. The number of esters is 1. The van der Waals surface area contributed by atoms with Gasteiger partial charge in [0.1, 0.15) is 23.8 Å². The fourth-order valence-corrected chi connectivity index (χ4v) is 2.81. The van der Waals surface area contributed by atoms with Crippen molar-refractivity contribution in [1.29, 1.82) is 0 Å². The largest absolute Gasteiger partial charge is 0.497 e. The summed E-state index contributed by atoms with van der Waals surface area (Å²) in [4.78, 5) is 28.6. The molecule has 28 heavy (non-hydrogen) atoms. The molecule has 0 radical (unpaired) electrons. The maximum atomic E-state index is 12.1. The summed E-state index contributed by atoms with van der Waals surface area (Å²) >= 11 is 0. The Hall–Kier alpha value is -3.35. The molecule has 0 unspecified atom stereocenters. The molecule has 146 valence electrons. The van der Waals surface area contributed by atoms with Gasteiger partial charge in [0, 0.05) is 24.8 Å². The molecule has 0 atom stereocenters. The van der Waals surface area contributed by atoms with Gasteiger partial charge < -0.3 is 14.2 Å². The van der Waals surface area contributed by atoms with E-state index in [2.05, 4.69) is 4.98 Å². The molecule has 3 rings (SSSR count). The van der Waals surface area contributed by atoms with Gasteiger partial charge in [0.25, 0.3) is 5.56 Å². The fraction of sp³-hybridized carbons (Fsp3) is 0.286. The molecule has 2 aromatic heterocycles. The highest BCUT2D eigenvalue weighted by molar-refractivity contribution is 5.69. The Balaban J connectivity index is 1.62. The monoisotopic (exact) mass is 382 g/mol. The number of nitrogens with zero attached hydrogens (tertiary/aromatic N) is 2. The number of pyridine rings is 1. The first-order chi connectivity index (χ1) is 13.5. The summed E-state index contributed by atoms with van der Waals surface area (Å²) in [6.45, 7) is 1.88. The van der Waals surface area contributed by atoms with Crippen LogP contribution >= 0.6 is 0 Å². The Morgan fingerprint density at radius 3 is 2.46 bits per heavy atom. The third-order valence-corrected chi connectivity index (χ3v) is 4.29. The maximum absolute atomic E-state index is 12.1. The van der Waals surface area contributed by atoms with Crippen LogP contribution < -0.4 is 15.0 Å². The van der Waals surface area contributed by atoms with Crippen LogP contribution in [-0.2, 0) is 22.6 Å². The van der Waals surface area contributed by atoms with Crippen LogP contribution in [0.3, 0.4) is 0 Å². The number of hydrogen-bond acceptors (Lipinski definition) is 6. The van der Waals surface area contributed by atoms with E-state index < -0.39 is 0 Å². The van der Waals surface area contributed by atoms with E-state index in [-0.39, 0.29) is 24.6 Å². The number of aryl methyl sites for hydroxylation is 2. The molecular weight excluding hydrogens is 360 g/mol. The summed E-state index contributed by atoms with van der Waals surface area (Å²) in [5, 5.41) is 0. The predicted molar refractivity (Wildman–Crippen MR) is 104 cm³/mol. The molecule has 7 nitrogen and oxygen atoms in total. The molecular formula is C21H22N2O5. The number of rotatable bonds is 7. The molecule has 0 aliphatic heterocycles. The fourth-order valence-electron chi connectivity index (χ4n) is 2.81. The third kappa shape index (κ3) is 4.68. The highest BCUT2D eigenvalue weighted by Gasteiger charge is 2.09. The van der Waals surface area contributed by atoms with Crippen molar-refractivity contribution >= 4 is 11.6 Å². The van der Waals surface area contributed by atoms with Gasteiger partial charge in [-0.2, -0.15) is 0 Å². The van der Waals surface area contributed by atoms with Crippen LogP contribution in [0.1, 0.15) is 23.2 Å². The lowest BCUT2D eigenvalue weighted by atomic mass is 10.1. The molecule has 0 saturated carbocycles. The summed E-state index contributed by atoms with van der Waals surface area (Å²) in [7, 11) is 3.15. The molecule has 1 aromatic carbocycles. The van der Waals surface area contributed by atoms with Gasteiger partial charge in [-0.05, 0) is 48.7 Å². The number of fused-ring (bicyclic) bond motifs is 1. The van der Waals surface area contributed by atoms with E-state index in [0.29, 0.717) is 29.3 Å². The summed E-state index contributed by atoms with van der Waals surface area (Å²) in [5.74, 6) is 0.964. The number of carbonyl (C=O) groups is 1. The van der Waals surface area contributed by atoms with E-state index in [4.69, 9.17) is 14.2 Å². The molecule has 0 N–H and O–H groups in total. The zero-order chi connectivity index (χ0) is 20.1. The molecule has 0 saturated heterocycles. The van der Waals surface area contributed by atoms with Gasteiger partial charge in [-0.3, -0.25) is 14.0 Å². The van der Waals surface area contributed by atoms with Crippen molar-refractivity contribution in [3.8, 4) is 11.5 Å². The van der Waals surface area contributed by atoms with Gasteiger partial charge in [-0.15, -0.1) is 0 Å². The van der Waals surface area contributed by atoms with Crippen molar-refractivity contribution in [2.45, 2.75) is 26.4 Å². The van der Waals surface area contributed by atoms with Crippen LogP contribution in [0.5, 0.6) is 11.5 Å². The molecule has 3 aromatic rings. The van der Waals surface area contributed by atoms with Crippen molar-refractivity contribution in [3.05, 3.63) is 69.8 Å². The molecule has 0 bridgehead atoms. The first-order valence-electron chi connectivity index (χ1n) is 8.85. The van der Waals surface area contributed by atoms with Crippen LogP contribution in [0, 0.1) is 6.92 Å². The number of benzene rings is 1. The van der Waals surface area contributed by atoms with Gasteiger partial charge in [0.2, 0.25) is 0 Å². The van der Waals surface area contributed by atoms with Crippen molar-refractivity contribution < 1.29 is 19.0 Å². The molecule has 0 fully saturated rings. The standard InChI is InChI=1S/C21H22N2O5/c1-14-6-7-23-19(8-14)22-16(11-20(23)24)13-28-21(25)5-4-15-9-17(26-2)12-18(10-15)27-3/h6-12H,4-5,13H2,1-3H3. The maximum Gasteiger partial charge on any atom is 0.306 e. The minimum atomic E-state index is -0.368. The molecule has 0 spiro atoms. The third-order valence-electron chi connectivity index (χ3n) is 4.29. The van der Waals surface area contributed by atoms with E-state index >= 15 is 0 Å². The SMILES string of the molecule is COc1cc(CCC(=O)OCc2cc(=O)n3ccc(C)cc3n2)cc(OC)c1. The van der Waals surface area contributed by atoms with Gasteiger partial charge >= 0.3 is 5.97 Å². The van der Waals surface area contributed by atoms with Crippen LogP contribution in [0.15, 0.2) is 47.4 Å². The summed E-state index contributed by atoms with van der Waals surface area (Å²) in [5.41, 5.74) is 2.65. The molecule has 0 aliphatic rings. The second-order valence-corrected chi connectivity index (χ2v) is 6.40. The Morgan fingerprint density at radius 2 is 1.79 bits per heavy atom. The minimum absolute atomic E-state index is 0.0417.